The van der Waals surface area contributed by atoms with Crippen LogP contribution in [0.4, 0.5) is 4.39 Å². The van der Waals surface area contributed by atoms with Crippen LogP contribution in [0.3, 0.4) is 0 Å². The van der Waals surface area contributed by atoms with Crippen molar-refractivity contribution in [3.05, 3.63) is 29.6 Å². The highest BCUT2D eigenvalue weighted by atomic mass is 19.1. The number of ether oxygens (including phenoxy) is 1. The van der Waals surface area contributed by atoms with Crippen LogP contribution in [0, 0.1) is 5.82 Å². The molecule has 0 heterocycles. The van der Waals surface area contributed by atoms with E-state index >= 15 is 0 Å². The number of carboxylic acid groups (broad SMARTS) is 1. The predicted octanol–water partition coefficient (Wildman–Crippen LogP) is 1.36. The maximum absolute atomic E-state index is 13.4. The van der Waals surface area contributed by atoms with E-state index in [-0.39, 0.29) is 12.2 Å². The second kappa shape index (κ2) is 5.69. The Bertz CT molecular complexity index is 499. The molecular weight excluding hydrogens is 253 g/mol. The highest BCUT2D eigenvalue weighted by molar-refractivity contribution is 5.87. The second-order valence-electron chi connectivity index (χ2n) is 4.62. The third kappa shape index (κ3) is 3.94. The lowest BCUT2D eigenvalue weighted by molar-refractivity contribution is -0.145. The summed E-state index contributed by atoms with van der Waals surface area (Å²) in [6, 6.07) is 4.15. The van der Waals surface area contributed by atoms with Gasteiger partial charge in [-0.3, -0.25) is 4.79 Å². The lowest BCUT2D eigenvalue weighted by Gasteiger charge is -2.20. The van der Waals surface area contributed by atoms with Gasteiger partial charge < -0.3 is 15.2 Å². The minimum atomic E-state index is -1.36. The SMILES string of the molecule is COc1ccc(CC(=O)NC(C)(C)C(=O)O)cc1F. The van der Waals surface area contributed by atoms with Crippen molar-refractivity contribution in [1.29, 1.82) is 0 Å². The van der Waals surface area contributed by atoms with Gasteiger partial charge in [-0.05, 0) is 31.5 Å². The molecule has 0 radical (unpaired) electrons. The van der Waals surface area contributed by atoms with E-state index in [1.54, 1.807) is 6.07 Å². The monoisotopic (exact) mass is 269 g/mol. The molecule has 0 saturated heterocycles. The number of aliphatic carboxylic acids is 1. The lowest BCUT2D eigenvalue weighted by atomic mass is 10.0. The first kappa shape index (κ1) is 14.9. The smallest absolute Gasteiger partial charge is 0.328 e. The van der Waals surface area contributed by atoms with Gasteiger partial charge in [-0.1, -0.05) is 6.07 Å². The normalized spacial score (nSPS) is 10.9. The van der Waals surface area contributed by atoms with E-state index in [1.807, 2.05) is 0 Å². The number of halogens is 1. The van der Waals surface area contributed by atoms with Crippen LogP contribution in [0.15, 0.2) is 18.2 Å². The van der Waals surface area contributed by atoms with Gasteiger partial charge in [-0.15, -0.1) is 0 Å². The Kier molecular flexibility index (Phi) is 4.47. The number of carbonyl (C=O) groups is 2. The average Bonchev–Trinajstić information content (AvgIpc) is 2.28. The molecule has 0 atom stereocenters. The van der Waals surface area contributed by atoms with Gasteiger partial charge in [0.2, 0.25) is 5.91 Å². The van der Waals surface area contributed by atoms with Gasteiger partial charge in [0.1, 0.15) is 5.54 Å². The van der Waals surface area contributed by atoms with Gasteiger partial charge in [0.25, 0.3) is 0 Å². The molecule has 6 heteroatoms. The zero-order valence-corrected chi connectivity index (χ0v) is 11.0. The number of carbonyl (C=O) groups excluding carboxylic acids is 1. The number of amides is 1. The number of benzene rings is 1. The van der Waals surface area contributed by atoms with Crippen LogP contribution >= 0.6 is 0 Å². The van der Waals surface area contributed by atoms with Crippen molar-refractivity contribution in [2.24, 2.45) is 0 Å². The van der Waals surface area contributed by atoms with E-state index in [4.69, 9.17) is 9.84 Å². The fraction of sp³-hybridized carbons (Fsp3) is 0.385. The number of nitrogens with one attached hydrogen (secondary N) is 1. The summed E-state index contributed by atoms with van der Waals surface area (Å²) in [5, 5.41) is 11.2. The summed E-state index contributed by atoms with van der Waals surface area (Å²) in [7, 11) is 1.35. The molecule has 0 spiro atoms. The maximum atomic E-state index is 13.4. The fourth-order valence-corrected chi connectivity index (χ4v) is 1.45. The van der Waals surface area contributed by atoms with Gasteiger partial charge in [0.15, 0.2) is 11.6 Å². The molecule has 0 aliphatic rings. The molecule has 1 amide bonds. The third-order valence-corrected chi connectivity index (χ3v) is 2.57. The Morgan fingerprint density at radius 3 is 2.53 bits per heavy atom. The highest BCUT2D eigenvalue weighted by Crippen LogP contribution is 2.18. The molecule has 2 N–H and O–H groups in total. The van der Waals surface area contributed by atoms with Crippen molar-refractivity contribution in [3.63, 3.8) is 0 Å². The lowest BCUT2D eigenvalue weighted by Crippen LogP contribution is -2.50. The van der Waals surface area contributed by atoms with Crippen LogP contribution in [0.2, 0.25) is 0 Å². The molecule has 1 rings (SSSR count). The largest absolute Gasteiger partial charge is 0.494 e. The van der Waals surface area contributed by atoms with Gasteiger partial charge in [0.05, 0.1) is 13.5 Å². The van der Waals surface area contributed by atoms with Crippen LogP contribution in [-0.4, -0.2) is 29.6 Å². The van der Waals surface area contributed by atoms with E-state index in [9.17, 15) is 14.0 Å². The minimum Gasteiger partial charge on any atom is -0.494 e. The van der Waals surface area contributed by atoms with Crippen molar-refractivity contribution in [2.75, 3.05) is 7.11 Å². The summed E-state index contributed by atoms with van der Waals surface area (Å²) in [5.74, 6) is -2.10. The van der Waals surface area contributed by atoms with Crippen molar-refractivity contribution >= 4 is 11.9 Å². The Balaban J connectivity index is 2.73. The van der Waals surface area contributed by atoms with Crippen LogP contribution in [-0.2, 0) is 16.0 Å². The molecule has 0 unspecified atom stereocenters. The van der Waals surface area contributed by atoms with E-state index in [0.717, 1.165) is 0 Å². The summed E-state index contributed by atoms with van der Waals surface area (Å²) in [6.07, 6.45) is -0.0996. The number of rotatable bonds is 5. The van der Waals surface area contributed by atoms with E-state index < -0.39 is 23.2 Å². The van der Waals surface area contributed by atoms with Crippen molar-refractivity contribution in [3.8, 4) is 5.75 Å². The summed E-state index contributed by atoms with van der Waals surface area (Å²) in [6.45, 7) is 2.75. The van der Waals surface area contributed by atoms with Gasteiger partial charge in [0, 0.05) is 0 Å². The number of carboxylic acids is 1. The molecule has 19 heavy (non-hydrogen) atoms. The highest BCUT2D eigenvalue weighted by Gasteiger charge is 2.28. The Morgan fingerprint density at radius 2 is 2.05 bits per heavy atom. The Labute approximate surface area is 110 Å². The fourth-order valence-electron chi connectivity index (χ4n) is 1.45. The molecule has 5 nitrogen and oxygen atoms in total. The first-order chi connectivity index (χ1) is 8.76. The molecule has 0 saturated carbocycles. The molecule has 0 fully saturated rings. The van der Waals surface area contributed by atoms with Crippen LogP contribution in [0.5, 0.6) is 5.75 Å². The summed E-state index contributed by atoms with van der Waals surface area (Å²) >= 11 is 0. The van der Waals surface area contributed by atoms with E-state index in [1.165, 1.54) is 33.1 Å². The quantitative estimate of drug-likeness (QED) is 0.846. The Morgan fingerprint density at radius 1 is 1.42 bits per heavy atom. The number of methoxy groups -OCH3 is 1. The van der Waals surface area contributed by atoms with Gasteiger partial charge >= 0.3 is 5.97 Å². The summed E-state index contributed by atoms with van der Waals surface area (Å²) in [4.78, 5) is 22.5. The van der Waals surface area contributed by atoms with Crippen LogP contribution < -0.4 is 10.1 Å². The molecule has 0 aliphatic carbocycles. The predicted molar refractivity (Wildman–Crippen MR) is 66.5 cm³/mol. The number of hydrogen-bond donors (Lipinski definition) is 2. The van der Waals surface area contributed by atoms with E-state index in [0.29, 0.717) is 5.56 Å². The molecule has 1 aromatic carbocycles. The second-order valence-corrected chi connectivity index (χ2v) is 4.62. The number of hydrogen-bond acceptors (Lipinski definition) is 3. The van der Waals surface area contributed by atoms with Gasteiger partial charge in [-0.2, -0.15) is 0 Å². The Hall–Kier alpha value is -2.11. The topological polar surface area (TPSA) is 75.6 Å². The summed E-state index contributed by atoms with van der Waals surface area (Å²) < 4.78 is 18.2. The van der Waals surface area contributed by atoms with Crippen molar-refractivity contribution < 1.29 is 23.8 Å². The van der Waals surface area contributed by atoms with Crippen LogP contribution in [0.1, 0.15) is 19.4 Å². The third-order valence-electron chi connectivity index (χ3n) is 2.57. The van der Waals surface area contributed by atoms with Crippen molar-refractivity contribution in [2.45, 2.75) is 25.8 Å². The first-order valence-electron chi connectivity index (χ1n) is 5.63. The zero-order chi connectivity index (χ0) is 14.6. The standard InChI is InChI=1S/C13H16FNO4/c1-13(2,12(17)18)15-11(16)7-8-4-5-10(19-3)9(14)6-8/h4-6H,7H2,1-3H3,(H,15,16)(H,17,18). The first-order valence-corrected chi connectivity index (χ1v) is 5.63. The van der Waals surface area contributed by atoms with Gasteiger partial charge in [-0.25, -0.2) is 9.18 Å². The van der Waals surface area contributed by atoms with Crippen LogP contribution in [0.25, 0.3) is 0 Å². The molecular formula is C13H16FNO4. The summed E-state index contributed by atoms with van der Waals surface area (Å²) in [5.41, 5.74) is -0.917. The minimum absolute atomic E-state index is 0.0926. The average molecular weight is 269 g/mol. The van der Waals surface area contributed by atoms with E-state index in [2.05, 4.69) is 5.32 Å². The molecule has 1 aromatic rings. The molecule has 0 aromatic heterocycles. The van der Waals surface area contributed by atoms with Crippen molar-refractivity contribution in [1.82, 2.24) is 5.32 Å². The maximum Gasteiger partial charge on any atom is 0.328 e. The zero-order valence-electron chi connectivity index (χ0n) is 11.0. The molecule has 104 valence electrons. The molecule has 0 bridgehead atoms. The molecule has 0 aliphatic heterocycles.